The number of carbonyl (C=O) groups is 19. The van der Waals surface area contributed by atoms with Crippen molar-refractivity contribution in [1.82, 2.24) is 74.4 Å². The average molecular weight is 1660 g/mol. The molecule has 0 aromatic heterocycles. The van der Waals surface area contributed by atoms with Crippen LogP contribution in [0.15, 0.2) is 35.3 Å². The Morgan fingerprint density at radius 2 is 0.761 bits per heavy atom. The number of carboxylic acids is 3. The number of guanidine groups is 1. The van der Waals surface area contributed by atoms with Gasteiger partial charge in [0.1, 0.15) is 78.5 Å². The maximum absolute atomic E-state index is 14.4. The molecule has 1 rings (SSSR count). The Morgan fingerprint density at radius 1 is 0.393 bits per heavy atom. The fraction of sp³-hybridized carbons (Fsp3) is 0.634. The first kappa shape index (κ1) is 103. The zero-order valence-corrected chi connectivity index (χ0v) is 66.9. The minimum Gasteiger partial charge on any atom is -0.481 e. The molecular formula is C71H117N21O25. The molecular weight excluding hydrogens is 1550 g/mol. The molecule has 0 spiro atoms. The van der Waals surface area contributed by atoms with Crippen LogP contribution in [0.4, 0.5) is 0 Å². The van der Waals surface area contributed by atoms with Gasteiger partial charge in [0, 0.05) is 19.4 Å². The lowest BCUT2D eigenvalue weighted by atomic mass is 9.95. The van der Waals surface area contributed by atoms with Crippen molar-refractivity contribution in [1.29, 1.82) is 0 Å². The van der Waals surface area contributed by atoms with Crippen LogP contribution in [0.3, 0.4) is 0 Å². The Balaban J connectivity index is 3.57. The van der Waals surface area contributed by atoms with Crippen LogP contribution in [0.5, 0.6) is 0 Å². The highest BCUT2D eigenvalue weighted by Crippen LogP contribution is 2.15. The van der Waals surface area contributed by atoms with Crippen LogP contribution in [0.25, 0.3) is 0 Å². The predicted molar refractivity (Wildman–Crippen MR) is 413 cm³/mol. The first-order chi connectivity index (χ1) is 54.6. The largest absolute Gasteiger partial charge is 0.481 e. The number of amides is 16. The Labute approximate surface area is 674 Å². The van der Waals surface area contributed by atoms with Crippen molar-refractivity contribution in [3.05, 3.63) is 35.9 Å². The van der Waals surface area contributed by atoms with Gasteiger partial charge < -0.3 is 139 Å². The van der Waals surface area contributed by atoms with Gasteiger partial charge in [-0.1, -0.05) is 78.3 Å². The molecule has 0 aliphatic heterocycles. The zero-order chi connectivity index (χ0) is 89.4. The summed E-state index contributed by atoms with van der Waals surface area (Å²) < 4.78 is 0. The molecule has 0 saturated carbocycles. The number of hydrogen-bond donors (Lipinski definition) is 26. The quantitative estimate of drug-likeness (QED) is 0.0164. The second-order valence-electron chi connectivity index (χ2n) is 28.6. The molecule has 0 aliphatic carbocycles. The second-order valence-corrected chi connectivity index (χ2v) is 28.6. The molecule has 46 heteroatoms. The number of carboxylic acid groups (broad SMARTS) is 3. The second kappa shape index (κ2) is 51.9. The standard InChI is InChI=1S/C71H117N21O25/c1-11-33(6)53(90-67(113)52(32(4)5)89-66(112)51(31(2)3)88-58(104)39(73)22-23-49(98)99)68(114)82-41(21-17-25-78-71(76)77)59(105)87-46(30-93)65(111)80-35(8)57(103)83-44(28-48(75)97)62(108)84-42(26-38-18-13-12-14-19-38)64(110)91-54(36(9)94)69(115)86-45(29-50(100)101)63(109)85-43(27-47(74)96)61(107)79-34(7)56(102)81-40(20-15-16-24-72)60(106)92-55(37(10)95)70(116)117/h12-14,18-19,31-37,39-46,51-55,93-95H,11,15-17,20-30,72-73H2,1-10H3,(H2,74,96)(H2,75,97)(H,79,107)(H,80,111)(H,81,102)(H,82,114)(H,83,103)(H,84,108)(H,85,109)(H,86,115)(H,87,105)(H,88,104)(H,89,112)(H,90,113)(H,91,110)(H,92,106)(H,98,99)(H,100,101)(H,116,117)(H4,76,77,78)/t33-,34-,35-,36+,37+,39-,40-,41-,42-,43-,44-,45-,46-,51-,52-,53-,54-,55-/m0/s1. The minimum absolute atomic E-state index is 0.00957. The maximum Gasteiger partial charge on any atom is 0.328 e. The number of benzene rings is 1. The van der Waals surface area contributed by atoms with Crippen molar-refractivity contribution in [2.75, 3.05) is 19.7 Å². The van der Waals surface area contributed by atoms with Gasteiger partial charge in [-0.2, -0.15) is 0 Å². The Hall–Kier alpha value is -11.8. The summed E-state index contributed by atoms with van der Waals surface area (Å²) in [4.78, 5) is 258. The summed E-state index contributed by atoms with van der Waals surface area (Å²) in [7, 11) is 0. The summed E-state index contributed by atoms with van der Waals surface area (Å²) in [6.45, 7) is 12.7. The van der Waals surface area contributed by atoms with Gasteiger partial charge in [0.05, 0.1) is 44.1 Å². The summed E-state index contributed by atoms with van der Waals surface area (Å²) in [5, 5.41) is 92.0. The molecule has 1 aromatic carbocycles. The molecule has 0 unspecified atom stereocenters. The molecule has 0 radical (unpaired) electrons. The van der Waals surface area contributed by atoms with Gasteiger partial charge in [-0.3, -0.25) is 91.3 Å². The van der Waals surface area contributed by atoms with Crippen molar-refractivity contribution >= 4 is 118 Å². The van der Waals surface area contributed by atoms with E-state index in [-0.39, 0.29) is 57.6 Å². The number of unbranched alkanes of at least 4 members (excludes halogenated alkanes) is 1. The van der Waals surface area contributed by atoms with Gasteiger partial charge in [0.15, 0.2) is 12.0 Å². The number of nitrogens with zero attached hydrogens (tertiary/aromatic N) is 1. The number of aliphatic imine (C=N–C) groups is 1. The van der Waals surface area contributed by atoms with E-state index in [2.05, 4.69) is 74.1 Å². The number of carbonyl (C=O) groups excluding carboxylic acids is 16. The molecule has 0 heterocycles. The van der Waals surface area contributed by atoms with E-state index in [0.717, 1.165) is 27.7 Å². The third kappa shape index (κ3) is 38.0. The molecule has 16 amide bonds. The van der Waals surface area contributed by atoms with Crippen molar-refractivity contribution in [2.45, 2.75) is 249 Å². The monoisotopic (exact) mass is 1660 g/mol. The van der Waals surface area contributed by atoms with E-state index in [0.29, 0.717) is 12.0 Å². The highest BCUT2D eigenvalue weighted by atomic mass is 16.4. The van der Waals surface area contributed by atoms with E-state index < -0.39 is 272 Å². The Morgan fingerprint density at radius 3 is 1.21 bits per heavy atom. The van der Waals surface area contributed by atoms with Crippen LogP contribution in [0.2, 0.25) is 0 Å². The van der Waals surface area contributed by atoms with E-state index in [1.807, 2.05) is 5.32 Å². The van der Waals surface area contributed by atoms with Crippen molar-refractivity contribution in [2.24, 2.45) is 57.1 Å². The van der Waals surface area contributed by atoms with E-state index in [1.165, 1.54) is 24.3 Å². The third-order valence-electron chi connectivity index (χ3n) is 17.9. The van der Waals surface area contributed by atoms with Gasteiger partial charge in [-0.15, -0.1) is 0 Å². The zero-order valence-electron chi connectivity index (χ0n) is 66.9. The summed E-state index contributed by atoms with van der Waals surface area (Å²) in [5.74, 6) is -25.4. The topological polar surface area (TPSA) is 783 Å². The molecule has 32 N–H and O–H groups in total. The molecule has 0 fully saturated rings. The van der Waals surface area contributed by atoms with Crippen LogP contribution in [0, 0.1) is 17.8 Å². The highest BCUT2D eigenvalue weighted by molar-refractivity contribution is 6.02. The van der Waals surface area contributed by atoms with Crippen molar-refractivity contribution in [3.63, 3.8) is 0 Å². The first-order valence-electron chi connectivity index (χ1n) is 37.6. The number of hydrogen-bond acceptors (Lipinski definition) is 25. The molecule has 0 saturated heterocycles. The lowest BCUT2D eigenvalue weighted by Gasteiger charge is -2.31. The first-order valence-corrected chi connectivity index (χ1v) is 37.6. The number of aliphatic hydroxyl groups excluding tert-OH is 3. The van der Waals surface area contributed by atoms with Crippen molar-refractivity contribution < 1.29 is 122 Å². The molecule has 0 aliphatic rings. The number of nitrogens with two attached hydrogens (primary N) is 6. The summed E-state index contributed by atoms with van der Waals surface area (Å²) in [6.07, 6.45) is -7.53. The maximum atomic E-state index is 14.4. The summed E-state index contributed by atoms with van der Waals surface area (Å²) >= 11 is 0. The summed E-state index contributed by atoms with van der Waals surface area (Å²) in [5.41, 5.74) is 33.6. The SMILES string of the molecule is CC[C@H](C)[C@H](NC(=O)[C@@H](NC(=O)[C@@H](NC(=O)[C@@H](N)CCC(=O)O)C(C)C)C(C)C)C(=O)N[C@@H](CCCN=C(N)N)C(=O)N[C@@H](CO)C(=O)N[C@@H](C)C(=O)N[C@@H](CC(N)=O)C(=O)N[C@@H](Cc1ccccc1)C(=O)N[C@H](C(=O)N[C@@H](CC(=O)O)C(=O)N[C@@H](CC(N)=O)C(=O)N[C@@H](C)C(=O)N[C@@H](CCCCN)C(=O)N[C@H](C(=O)O)[C@@H](C)O)[C@@H](C)O. The molecule has 18 atom stereocenters. The van der Waals surface area contributed by atoms with Gasteiger partial charge in [0.2, 0.25) is 94.5 Å². The average Bonchev–Trinajstić information content (AvgIpc) is 0.835. The van der Waals surface area contributed by atoms with Gasteiger partial charge in [-0.25, -0.2) is 4.79 Å². The molecule has 46 nitrogen and oxygen atoms in total. The van der Waals surface area contributed by atoms with Gasteiger partial charge in [-0.05, 0) is 96.1 Å². The predicted octanol–water partition coefficient (Wildman–Crippen LogP) is -10.1. The van der Waals surface area contributed by atoms with E-state index in [9.17, 15) is 117 Å². The summed E-state index contributed by atoms with van der Waals surface area (Å²) in [6, 6.07) is -18.1. The molecule has 117 heavy (non-hydrogen) atoms. The smallest absolute Gasteiger partial charge is 0.328 e. The number of primary amides is 2. The van der Waals surface area contributed by atoms with Gasteiger partial charge in [0.25, 0.3) is 0 Å². The van der Waals surface area contributed by atoms with Crippen LogP contribution in [0.1, 0.15) is 145 Å². The van der Waals surface area contributed by atoms with Crippen molar-refractivity contribution in [3.8, 4) is 0 Å². The Kier molecular flexibility index (Phi) is 45.8. The number of aliphatic carboxylic acids is 3. The minimum atomic E-state index is -2.22. The number of nitrogens with one attached hydrogen (secondary N) is 14. The lowest BCUT2D eigenvalue weighted by molar-refractivity contribution is -0.145. The van der Waals surface area contributed by atoms with E-state index in [4.69, 9.17) is 39.5 Å². The molecule has 1 aromatic rings. The fourth-order valence-corrected chi connectivity index (χ4v) is 10.9. The number of rotatable bonds is 55. The van der Waals surface area contributed by atoms with Crippen LogP contribution >= 0.6 is 0 Å². The fourth-order valence-electron chi connectivity index (χ4n) is 10.9. The van der Waals surface area contributed by atoms with E-state index >= 15 is 0 Å². The van der Waals surface area contributed by atoms with E-state index in [1.54, 1.807) is 47.6 Å². The Bertz CT molecular complexity index is 3640. The van der Waals surface area contributed by atoms with Crippen LogP contribution < -0.4 is 109 Å². The van der Waals surface area contributed by atoms with Gasteiger partial charge >= 0.3 is 17.9 Å². The highest BCUT2D eigenvalue weighted by Gasteiger charge is 2.41. The molecule has 656 valence electrons. The van der Waals surface area contributed by atoms with Crippen LogP contribution in [-0.4, -0.2) is 272 Å². The number of aliphatic hydroxyl groups is 3. The lowest BCUT2D eigenvalue weighted by Crippen LogP contribution is -2.63. The third-order valence-corrected chi connectivity index (χ3v) is 17.9. The normalized spacial score (nSPS) is 15.7. The molecule has 0 bridgehead atoms. The van der Waals surface area contributed by atoms with Crippen LogP contribution in [-0.2, 0) is 97.5 Å².